The van der Waals surface area contributed by atoms with E-state index in [-0.39, 0.29) is 5.41 Å². The lowest BCUT2D eigenvalue weighted by atomic mass is 9.59. The molecule has 0 saturated carbocycles. The van der Waals surface area contributed by atoms with E-state index in [1.54, 1.807) is 0 Å². The zero-order valence-electron chi connectivity index (χ0n) is 36.1. The van der Waals surface area contributed by atoms with Crippen LogP contribution >= 0.6 is 11.8 Å². The Labute approximate surface area is 383 Å². The number of nitrogens with zero attached hydrogens (tertiary/aromatic N) is 2. The van der Waals surface area contributed by atoms with Crippen LogP contribution in [0.3, 0.4) is 0 Å². The highest BCUT2D eigenvalue weighted by atomic mass is 32.2. The number of anilines is 3. The summed E-state index contributed by atoms with van der Waals surface area (Å²) in [5, 5.41) is 5.11. The van der Waals surface area contributed by atoms with Crippen molar-refractivity contribution in [3.8, 4) is 27.9 Å². The van der Waals surface area contributed by atoms with Crippen molar-refractivity contribution >= 4 is 61.4 Å². The Morgan fingerprint density at radius 1 is 0.385 bits per heavy atom. The Morgan fingerprint density at radius 3 is 1.86 bits per heavy atom. The fourth-order valence-corrected chi connectivity index (χ4v) is 13.3. The molecule has 0 N–H and O–H groups in total. The lowest BCUT2D eigenvalue weighted by molar-refractivity contribution is 0.660. The van der Waals surface area contributed by atoms with Crippen LogP contribution in [0.15, 0.2) is 228 Å². The molecule has 1 unspecified atom stereocenters. The second kappa shape index (κ2) is 13.5. The van der Waals surface area contributed by atoms with Crippen LogP contribution < -0.4 is 4.90 Å². The largest absolute Gasteiger partial charge is 0.310 e. The Balaban J connectivity index is 0.989. The number of hydrogen-bond donors (Lipinski definition) is 0. The molecule has 2 heterocycles. The van der Waals surface area contributed by atoms with E-state index in [4.69, 9.17) is 0 Å². The highest BCUT2D eigenvalue weighted by molar-refractivity contribution is 7.99. The molecule has 65 heavy (non-hydrogen) atoms. The summed E-state index contributed by atoms with van der Waals surface area (Å²) in [5.41, 5.74) is 19.7. The molecule has 1 aromatic heterocycles. The molecule has 10 aromatic carbocycles. The summed E-state index contributed by atoms with van der Waals surface area (Å²) in [6.45, 7) is 4.74. The van der Waals surface area contributed by atoms with Crippen LogP contribution in [0.25, 0.3) is 60.5 Å². The molecule has 0 bridgehead atoms. The molecule has 0 saturated heterocycles. The molecule has 11 aromatic rings. The van der Waals surface area contributed by atoms with E-state index < -0.39 is 5.41 Å². The van der Waals surface area contributed by atoms with Crippen molar-refractivity contribution in [2.45, 2.75) is 34.5 Å². The minimum atomic E-state index is -0.497. The summed E-state index contributed by atoms with van der Waals surface area (Å²) in [7, 11) is 0. The zero-order valence-corrected chi connectivity index (χ0v) is 36.9. The minimum absolute atomic E-state index is 0.102. The Kier molecular flexibility index (Phi) is 7.63. The molecule has 3 heteroatoms. The van der Waals surface area contributed by atoms with Gasteiger partial charge in [0.2, 0.25) is 0 Å². The zero-order chi connectivity index (χ0) is 43.0. The molecular weight excluding hydrogens is 805 g/mol. The van der Waals surface area contributed by atoms with E-state index in [0.29, 0.717) is 0 Å². The van der Waals surface area contributed by atoms with Gasteiger partial charge in [-0.15, -0.1) is 0 Å². The molecule has 1 atom stereocenters. The third-order valence-electron chi connectivity index (χ3n) is 14.8. The van der Waals surface area contributed by atoms with Gasteiger partial charge >= 0.3 is 0 Å². The van der Waals surface area contributed by atoms with Gasteiger partial charge in [-0.05, 0) is 127 Å². The molecule has 306 valence electrons. The maximum Gasteiger partial charge on any atom is 0.0735 e. The molecule has 1 spiro atoms. The first-order valence-corrected chi connectivity index (χ1v) is 23.5. The first kappa shape index (κ1) is 36.8. The van der Waals surface area contributed by atoms with Gasteiger partial charge in [-0.3, -0.25) is 0 Å². The van der Waals surface area contributed by atoms with Crippen LogP contribution in [0.5, 0.6) is 0 Å². The van der Waals surface area contributed by atoms with Crippen molar-refractivity contribution in [2.75, 3.05) is 4.90 Å². The summed E-state index contributed by atoms with van der Waals surface area (Å²) in [6, 6.07) is 82.0. The van der Waals surface area contributed by atoms with E-state index in [9.17, 15) is 0 Å². The average Bonchev–Trinajstić information content (AvgIpc) is 3.80. The Bertz CT molecular complexity index is 3800. The highest BCUT2D eigenvalue weighted by Gasteiger charge is 2.48. The van der Waals surface area contributed by atoms with Crippen molar-refractivity contribution in [1.29, 1.82) is 0 Å². The van der Waals surface area contributed by atoms with Gasteiger partial charge in [-0.2, -0.15) is 0 Å². The van der Waals surface area contributed by atoms with Gasteiger partial charge in [0.15, 0.2) is 0 Å². The van der Waals surface area contributed by atoms with Gasteiger partial charge in [0, 0.05) is 48.7 Å². The summed E-state index contributed by atoms with van der Waals surface area (Å²) < 4.78 is 2.49. The van der Waals surface area contributed by atoms with E-state index >= 15 is 0 Å². The minimum Gasteiger partial charge on any atom is -0.310 e. The van der Waals surface area contributed by atoms with Gasteiger partial charge in [0.25, 0.3) is 0 Å². The predicted octanol–water partition coefficient (Wildman–Crippen LogP) is 16.5. The maximum absolute atomic E-state index is 2.49. The summed E-state index contributed by atoms with van der Waals surface area (Å²) in [6.07, 6.45) is 0. The molecule has 0 radical (unpaired) electrons. The maximum atomic E-state index is 2.49. The Hall–Kier alpha value is -7.59. The molecule has 0 fully saturated rings. The lowest BCUT2D eigenvalue weighted by Crippen LogP contribution is -2.36. The predicted molar refractivity (Wildman–Crippen MR) is 272 cm³/mol. The van der Waals surface area contributed by atoms with E-state index in [0.717, 1.165) is 17.1 Å². The van der Waals surface area contributed by atoms with Crippen LogP contribution in [-0.2, 0) is 10.8 Å². The van der Waals surface area contributed by atoms with Crippen molar-refractivity contribution in [1.82, 2.24) is 4.57 Å². The fraction of sp³-hybridized carbons (Fsp3) is 0.0645. The van der Waals surface area contributed by atoms with Gasteiger partial charge in [-0.1, -0.05) is 183 Å². The number of rotatable bonds is 4. The van der Waals surface area contributed by atoms with Gasteiger partial charge in [-0.25, -0.2) is 0 Å². The van der Waals surface area contributed by atoms with Crippen LogP contribution in [0.4, 0.5) is 17.1 Å². The van der Waals surface area contributed by atoms with Crippen LogP contribution in [0, 0.1) is 0 Å². The van der Waals surface area contributed by atoms with Crippen LogP contribution in [-0.4, -0.2) is 4.57 Å². The summed E-state index contributed by atoms with van der Waals surface area (Å²) in [4.78, 5) is 5.01. The van der Waals surface area contributed by atoms with Crippen molar-refractivity contribution in [3.05, 3.63) is 252 Å². The van der Waals surface area contributed by atoms with Crippen molar-refractivity contribution in [2.24, 2.45) is 0 Å². The number of fused-ring (bicyclic) bond motifs is 14. The van der Waals surface area contributed by atoms with E-state index in [2.05, 4.69) is 242 Å². The fourth-order valence-electron chi connectivity index (χ4n) is 12.1. The quantitative estimate of drug-likeness (QED) is 0.174. The smallest absolute Gasteiger partial charge is 0.0735 e. The SMILES string of the molecule is CC1(C)c2ccccc2-c2ccc(-n3c4ccccc4c4ccc(N(c5ccccc5)c5ccc6c(c5)Sc5ccccc5C65c6ccccc6-c6cccc7cccc5c67)cc43)cc21. The van der Waals surface area contributed by atoms with Gasteiger partial charge in [0.1, 0.15) is 0 Å². The van der Waals surface area contributed by atoms with E-state index in [1.807, 2.05) is 11.8 Å². The van der Waals surface area contributed by atoms with E-state index in [1.165, 1.54) is 104 Å². The number of benzene rings is 10. The molecule has 2 aliphatic carbocycles. The van der Waals surface area contributed by atoms with Gasteiger partial charge in [0.05, 0.1) is 16.4 Å². The normalized spacial score (nSPS) is 16.0. The topological polar surface area (TPSA) is 8.17 Å². The third-order valence-corrected chi connectivity index (χ3v) is 16.0. The second-order valence-electron chi connectivity index (χ2n) is 18.4. The summed E-state index contributed by atoms with van der Waals surface area (Å²) >= 11 is 1.90. The molecule has 2 nitrogen and oxygen atoms in total. The first-order valence-electron chi connectivity index (χ1n) is 22.7. The average molecular weight is 847 g/mol. The number of para-hydroxylation sites is 2. The third kappa shape index (κ3) is 4.96. The molecule has 0 amide bonds. The molecule has 14 rings (SSSR count). The summed E-state index contributed by atoms with van der Waals surface area (Å²) in [5.74, 6) is 0. The van der Waals surface area contributed by atoms with Crippen LogP contribution in [0.1, 0.15) is 47.2 Å². The standard InChI is InChI=1S/C62H42N2S/c1-61(2)50-24-9-6-20-44(50)46-33-30-41(36-55(46)61)64-56-28-12-8-22-47(56)48-34-31-42(37-57(48)64)63(40-18-4-3-5-19-40)43-32-35-53-59(38-43)65-58-29-13-11-26-52(58)62(53)51-25-10-7-21-45(51)49-23-14-16-39-17-15-27-54(62)60(39)49/h3-38H,1-2H3. The van der Waals surface area contributed by atoms with Crippen molar-refractivity contribution in [3.63, 3.8) is 0 Å². The first-order chi connectivity index (χ1) is 32.0. The highest BCUT2D eigenvalue weighted by Crippen LogP contribution is 2.62. The lowest BCUT2D eigenvalue weighted by Gasteiger charge is -2.46. The molecule has 3 aliphatic rings. The molecular formula is C62H42N2S. The van der Waals surface area contributed by atoms with Gasteiger partial charge < -0.3 is 9.47 Å². The van der Waals surface area contributed by atoms with Crippen molar-refractivity contribution < 1.29 is 0 Å². The van der Waals surface area contributed by atoms with Crippen LogP contribution in [0.2, 0.25) is 0 Å². The monoisotopic (exact) mass is 846 g/mol. The number of aromatic nitrogens is 1. The molecule has 1 aliphatic heterocycles. The second-order valence-corrected chi connectivity index (χ2v) is 19.5. The number of hydrogen-bond acceptors (Lipinski definition) is 2. The Morgan fingerprint density at radius 2 is 1.00 bits per heavy atom.